The summed E-state index contributed by atoms with van der Waals surface area (Å²) in [5.74, 6) is 0.447. The third kappa shape index (κ3) is 1.28. The molecular formula is C17H12O. The summed E-state index contributed by atoms with van der Waals surface area (Å²) in [6.07, 6.45) is 6.66. The number of fused-ring (bicyclic) bond motifs is 4. The topological polar surface area (TPSA) is 20.2 Å². The summed E-state index contributed by atoms with van der Waals surface area (Å²) in [7, 11) is 0. The van der Waals surface area contributed by atoms with Crippen LogP contribution in [-0.4, -0.2) is 5.11 Å². The van der Waals surface area contributed by atoms with Crippen molar-refractivity contribution >= 4 is 22.4 Å². The van der Waals surface area contributed by atoms with E-state index in [0.717, 1.165) is 0 Å². The lowest BCUT2D eigenvalue weighted by Crippen LogP contribution is -1.93. The number of allylic oxidation sites excluding steroid dienone is 4. The van der Waals surface area contributed by atoms with Gasteiger partial charge in [-0.25, -0.2) is 0 Å². The van der Waals surface area contributed by atoms with Crippen LogP contribution in [0.2, 0.25) is 0 Å². The Labute approximate surface area is 105 Å². The van der Waals surface area contributed by atoms with E-state index in [1.54, 1.807) is 6.08 Å². The molecule has 0 unspecified atom stereocenters. The fourth-order valence-electron chi connectivity index (χ4n) is 2.83. The van der Waals surface area contributed by atoms with Gasteiger partial charge in [-0.1, -0.05) is 36.4 Å². The smallest absolute Gasteiger partial charge is 0.0966 e. The van der Waals surface area contributed by atoms with Gasteiger partial charge in [0.2, 0.25) is 0 Å². The monoisotopic (exact) mass is 232 g/mol. The van der Waals surface area contributed by atoms with Crippen LogP contribution in [0, 0.1) is 0 Å². The summed E-state index contributed by atoms with van der Waals surface area (Å²) < 4.78 is 0. The van der Waals surface area contributed by atoms with Crippen molar-refractivity contribution in [1.82, 2.24) is 0 Å². The first-order valence-electron chi connectivity index (χ1n) is 6.15. The van der Waals surface area contributed by atoms with Crippen molar-refractivity contribution in [2.75, 3.05) is 0 Å². The molecular weight excluding hydrogens is 220 g/mol. The number of aliphatic hydroxyl groups excluding tert-OH is 1. The van der Waals surface area contributed by atoms with E-state index in [2.05, 4.69) is 42.5 Å². The Hall–Kier alpha value is -2.28. The molecule has 1 nitrogen and oxygen atoms in total. The molecule has 0 radical (unpaired) electrons. The summed E-state index contributed by atoms with van der Waals surface area (Å²) in [6.45, 7) is 0. The summed E-state index contributed by atoms with van der Waals surface area (Å²) in [5.41, 5.74) is 5.03. The van der Waals surface area contributed by atoms with Gasteiger partial charge in [0.05, 0.1) is 5.76 Å². The molecule has 0 fully saturated rings. The third-order valence-corrected chi connectivity index (χ3v) is 3.70. The van der Waals surface area contributed by atoms with E-state index >= 15 is 0 Å². The molecule has 1 heteroatoms. The zero-order valence-corrected chi connectivity index (χ0v) is 9.85. The summed E-state index contributed by atoms with van der Waals surface area (Å²) in [6, 6.07) is 12.9. The van der Waals surface area contributed by atoms with Gasteiger partial charge < -0.3 is 5.11 Å². The minimum Gasteiger partial charge on any atom is -0.512 e. The normalized spacial score (nSPS) is 16.8. The van der Waals surface area contributed by atoms with E-state index in [9.17, 15) is 5.11 Å². The highest BCUT2D eigenvalue weighted by molar-refractivity contribution is 6.01. The molecule has 0 saturated carbocycles. The first-order chi connectivity index (χ1) is 8.81. The number of aliphatic hydroxyl groups is 1. The molecule has 0 atom stereocenters. The van der Waals surface area contributed by atoms with Crippen molar-refractivity contribution in [3.05, 3.63) is 71.0 Å². The standard InChI is InChI=1S/C17H12O/c18-15-5-6-16-14(9-15)8-13-7-11-3-1-2-4-12(11)10-17(13)16/h1-8,10,18H,9H2. The highest BCUT2D eigenvalue weighted by Crippen LogP contribution is 2.41. The van der Waals surface area contributed by atoms with Gasteiger partial charge in [0.15, 0.2) is 0 Å². The Kier molecular flexibility index (Phi) is 1.81. The fourth-order valence-corrected chi connectivity index (χ4v) is 2.83. The first-order valence-corrected chi connectivity index (χ1v) is 6.15. The second-order valence-corrected chi connectivity index (χ2v) is 4.87. The molecule has 2 aliphatic carbocycles. The number of rotatable bonds is 0. The molecule has 4 rings (SSSR count). The van der Waals surface area contributed by atoms with Crippen molar-refractivity contribution in [1.29, 1.82) is 0 Å². The molecule has 0 aliphatic heterocycles. The molecule has 86 valence electrons. The lowest BCUT2D eigenvalue weighted by atomic mass is 9.95. The number of hydrogen-bond acceptors (Lipinski definition) is 1. The predicted molar refractivity (Wildman–Crippen MR) is 75.2 cm³/mol. The number of benzene rings is 2. The van der Waals surface area contributed by atoms with Crippen molar-refractivity contribution in [3.63, 3.8) is 0 Å². The molecule has 0 bridgehead atoms. The van der Waals surface area contributed by atoms with Crippen LogP contribution in [0.5, 0.6) is 0 Å². The minimum atomic E-state index is 0.447. The van der Waals surface area contributed by atoms with E-state index in [4.69, 9.17) is 0 Å². The van der Waals surface area contributed by atoms with E-state index in [-0.39, 0.29) is 0 Å². The SMILES string of the molecule is OC1=CC=C2C(=Cc3cc4ccccc4cc32)C1. The van der Waals surface area contributed by atoms with Crippen molar-refractivity contribution in [3.8, 4) is 0 Å². The average Bonchev–Trinajstić information content (AvgIpc) is 2.72. The summed E-state index contributed by atoms with van der Waals surface area (Å²) in [4.78, 5) is 0. The number of hydrogen-bond donors (Lipinski definition) is 1. The van der Waals surface area contributed by atoms with Crippen LogP contribution in [0.1, 0.15) is 17.5 Å². The van der Waals surface area contributed by atoms with Crippen LogP contribution in [-0.2, 0) is 0 Å². The van der Waals surface area contributed by atoms with E-state index in [1.807, 2.05) is 6.08 Å². The van der Waals surface area contributed by atoms with Crippen molar-refractivity contribution < 1.29 is 5.11 Å². The predicted octanol–water partition coefficient (Wildman–Crippen LogP) is 4.47. The maximum atomic E-state index is 9.60. The molecule has 18 heavy (non-hydrogen) atoms. The Balaban J connectivity index is 2.00. The van der Waals surface area contributed by atoms with Gasteiger partial charge in [0.25, 0.3) is 0 Å². The Morgan fingerprint density at radius 3 is 2.56 bits per heavy atom. The quantitative estimate of drug-likeness (QED) is 0.710. The molecule has 2 aliphatic rings. The zero-order chi connectivity index (χ0) is 12.1. The Morgan fingerprint density at radius 1 is 0.944 bits per heavy atom. The van der Waals surface area contributed by atoms with Crippen molar-refractivity contribution in [2.45, 2.75) is 6.42 Å². The van der Waals surface area contributed by atoms with Crippen LogP contribution < -0.4 is 0 Å². The maximum Gasteiger partial charge on any atom is 0.0966 e. The molecule has 2 aromatic rings. The van der Waals surface area contributed by atoms with Gasteiger partial charge >= 0.3 is 0 Å². The van der Waals surface area contributed by atoms with Gasteiger partial charge in [0, 0.05) is 6.42 Å². The van der Waals surface area contributed by atoms with Crippen LogP contribution in [0.3, 0.4) is 0 Å². The van der Waals surface area contributed by atoms with E-state index in [0.29, 0.717) is 12.2 Å². The van der Waals surface area contributed by atoms with Crippen molar-refractivity contribution in [2.24, 2.45) is 0 Å². The molecule has 0 spiro atoms. The maximum absolute atomic E-state index is 9.60. The van der Waals surface area contributed by atoms with E-state index < -0.39 is 0 Å². The first kappa shape index (κ1) is 9.72. The van der Waals surface area contributed by atoms with Gasteiger partial charge in [-0.2, -0.15) is 0 Å². The Bertz CT molecular complexity index is 760. The lowest BCUT2D eigenvalue weighted by molar-refractivity contribution is 0.399. The molecule has 0 aromatic heterocycles. The van der Waals surface area contributed by atoms with Gasteiger partial charge in [0.1, 0.15) is 0 Å². The van der Waals surface area contributed by atoms with Gasteiger partial charge in [-0.05, 0) is 51.3 Å². The third-order valence-electron chi connectivity index (χ3n) is 3.70. The van der Waals surface area contributed by atoms with E-state index in [1.165, 1.54) is 33.0 Å². The van der Waals surface area contributed by atoms with Crippen LogP contribution in [0.4, 0.5) is 0 Å². The zero-order valence-electron chi connectivity index (χ0n) is 9.85. The second kappa shape index (κ2) is 3.36. The highest BCUT2D eigenvalue weighted by Gasteiger charge is 2.21. The molecule has 0 heterocycles. The minimum absolute atomic E-state index is 0.447. The second-order valence-electron chi connectivity index (χ2n) is 4.87. The lowest BCUT2D eigenvalue weighted by Gasteiger charge is -2.11. The summed E-state index contributed by atoms with van der Waals surface area (Å²) in [5, 5.41) is 12.1. The molecule has 2 aromatic carbocycles. The average molecular weight is 232 g/mol. The Morgan fingerprint density at radius 2 is 1.72 bits per heavy atom. The summed E-state index contributed by atoms with van der Waals surface area (Å²) >= 11 is 0. The van der Waals surface area contributed by atoms with Crippen LogP contribution in [0.15, 0.2) is 59.9 Å². The van der Waals surface area contributed by atoms with Crippen LogP contribution >= 0.6 is 0 Å². The molecule has 0 saturated heterocycles. The van der Waals surface area contributed by atoms with Crippen LogP contribution in [0.25, 0.3) is 22.4 Å². The molecule has 0 amide bonds. The van der Waals surface area contributed by atoms with Gasteiger partial charge in [-0.3, -0.25) is 0 Å². The van der Waals surface area contributed by atoms with Gasteiger partial charge in [-0.15, -0.1) is 0 Å². The largest absolute Gasteiger partial charge is 0.512 e. The fraction of sp³-hybridized carbons (Fsp3) is 0.0588. The molecule has 1 N–H and O–H groups in total. The highest BCUT2D eigenvalue weighted by atomic mass is 16.3.